The summed E-state index contributed by atoms with van der Waals surface area (Å²) in [6, 6.07) is 3.10. The summed E-state index contributed by atoms with van der Waals surface area (Å²) in [4.78, 5) is 15.0. The summed E-state index contributed by atoms with van der Waals surface area (Å²) in [7, 11) is 1.50. The number of methoxy groups -OCH3 is 1. The maximum absolute atomic E-state index is 12.6. The van der Waals surface area contributed by atoms with Crippen molar-refractivity contribution in [1.82, 2.24) is 10.2 Å². The number of allylic oxidation sites excluding steroid dienone is 2. The third-order valence-corrected chi connectivity index (χ3v) is 5.50. The fourth-order valence-electron chi connectivity index (χ4n) is 3.67. The minimum atomic E-state index is -0.244. The number of nitrogen functional groups attached to an aromatic ring is 1. The normalized spacial score (nSPS) is 23.2. The van der Waals surface area contributed by atoms with Gasteiger partial charge in [-0.05, 0) is 31.2 Å². The predicted octanol–water partition coefficient (Wildman–Crippen LogP) is 2.72. The van der Waals surface area contributed by atoms with Gasteiger partial charge < -0.3 is 20.5 Å². The van der Waals surface area contributed by atoms with Crippen molar-refractivity contribution in [2.45, 2.75) is 25.4 Å². The number of hydrogen-bond donors (Lipinski definition) is 2. The van der Waals surface area contributed by atoms with Gasteiger partial charge in [-0.15, -0.1) is 0 Å². The van der Waals surface area contributed by atoms with Gasteiger partial charge in [0.25, 0.3) is 5.91 Å². The van der Waals surface area contributed by atoms with Gasteiger partial charge in [-0.25, -0.2) is 0 Å². The van der Waals surface area contributed by atoms with E-state index in [1.807, 2.05) is 0 Å². The van der Waals surface area contributed by atoms with Gasteiger partial charge in [0.1, 0.15) is 5.75 Å². The molecule has 0 bridgehead atoms. The van der Waals surface area contributed by atoms with E-state index in [-0.39, 0.29) is 12.0 Å². The van der Waals surface area contributed by atoms with Crippen molar-refractivity contribution < 1.29 is 14.3 Å². The smallest absolute Gasteiger partial charge is 0.255 e. The molecule has 1 aromatic rings. The Morgan fingerprint density at radius 1 is 1.44 bits per heavy atom. The summed E-state index contributed by atoms with van der Waals surface area (Å²) >= 11 is 6.05. The van der Waals surface area contributed by atoms with Crippen LogP contribution in [0.5, 0.6) is 5.75 Å². The molecule has 0 saturated carbocycles. The molecule has 27 heavy (non-hydrogen) atoms. The highest BCUT2D eigenvalue weighted by atomic mass is 35.5. The number of rotatable bonds is 6. The molecule has 1 aliphatic carbocycles. The number of hydrogen-bond acceptors (Lipinski definition) is 5. The Morgan fingerprint density at radius 2 is 2.30 bits per heavy atom. The van der Waals surface area contributed by atoms with Crippen molar-refractivity contribution in [3.05, 3.63) is 34.9 Å². The maximum Gasteiger partial charge on any atom is 0.255 e. The largest absolute Gasteiger partial charge is 0.496 e. The Bertz CT molecular complexity index is 695. The maximum atomic E-state index is 12.6. The molecular weight excluding hydrogens is 366 g/mol. The molecule has 1 fully saturated rings. The molecule has 1 amide bonds. The number of nitrogens with one attached hydrogen (secondary N) is 1. The third kappa shape index (κ3) is 5.37. The number of amides is 1. The number of carbonyl (C=O) groups is 1. The van der Waals surface area contributed by atoms with Crippen LogP contribution < -0.4 is 15.8 Å². The SMILES string of the molecule is COc1cc(N)c(Cl)cc1C(=O)NCC1CN(CC2CC=CCC2)CCO1. The molecule has 0 spiro atoms. The molecular formula is C20H28ClN3O3. The number of carbonyl (C=O) groups excluding carboxylic acids is 1. The lowest BCUT2D eigenvalue weighted by atomic mass is 9.94. The first-order valence-corrected chi connectivity index (χ1v) is 9.84. The molecule has 148 valence electrons. The second-order valence-electron chi connectivity index (χ2n) is 7.19. The van der Waals surface area contributed by atoms with E-state index in [9.17, 15) is 4.79 Å². The summed E-state index contributed by atoms with van der Waals surface area (Å²) in [6.07, 6.45) is 8.14. The van der Waals surface area contributed by atoms with Crippen LogP contribution in [0.4, 0.5) is 5.69 Å². The average Bonchev–Trinajstić information content (AvgIpc) is 2.69. The van der Waals surface area contributed by atoms with Gasteiger partial charge in [0.05, 0.1) is 36.1 Å². The van der Waals surface area contributed by atoms with Crippen LogP contribution in [-0.4, -0.2) is 56.8 Å². The van der Waals surface area contributed by atoms with E-state index in [1.54, 1.807) is 6.07 Å². The number of nitrogens with zero attached hydrogens (tertiary/aromatic N) is 1. The summed E-state index contributed by atoms with van der Waals surface area (Å²) in [5, 5.41) is 3.27. The number of nitrogens with two attached hydrogens (primary N) is 1. The van der Waals surface area contributed by atoms with Crippen molar-refractivity contribution in [3.63, 3.8) is 0 Å². The molecule has 0 aromatic heterocycles. The summed E-state index contributed by atoms with van der Waals surface area (Å²) in [5.41, 5.74) is 6.53. The minimum Gasteiger partial charge on any atom is -0.496 e. The van der Waals surface area contributed by atoms with E-state index >= 15 is 0 Å². The van der Waals surface area contributed by atoms with E-state index in [0.29, 0.717) is 35.2 Å². The van der Waals surface area contributed by atoms with Crippen LogP contribution in [0.15, 0.2) is 24.3 Å². The third-order valence-electron chi connectivity index (χ3n) is 5.17. The molecule has 0 radical (unpaired) electrons. The monoisotopic (exact) mass is 393 g/mol. The first-order valence-electron chi connectivity index (χ1n) is 9.47. The van der Waals surface area contributed by atoms with E-state index in [2.05, 4.69) is 22.4 Å². The predicted molar refractivity (Wildman–Crippen MR) is 107 cm³/mol. The zero-order valence-electron chi connectivity index (χ0n) is 15.7. The molecule has 2 unspecified atom stereocenters. The standard InChI is InChI=1S/C20H28ClN3O3/c1-26-19-10-18(22)17(21)9-16(19)20(25)23-11-15-13-24(7-8-27-15)12-14-5-3-2-4-6-14/h2-3,9-10,14-15H,4-8,11-13,22H2,1H3,(H,23,25). The molecule has 6 nitrogen and oxygen atoms in total. The topological polar surface area (TPSA) is 76.8 Å². The Kier molecular flexibility index (Phi) is 6.99. The van der Waals surface area contributed by atoms with E-state index in [0.717, 1.165) is 32.0 Å². The summed E-state index contributed by atoms with van der Waals surface area (Å²) in [5.74, 6) is 0.891. The van der Waals surface area contributed by atoms with Crippen LogP contribution in [0.3, 0.4) is 0 Å². The van der Waals surface area contributed by atoms with Crippen molar-refractivity contribution in [2.75, 3.05) is 45.6 Å². The Morgan fingerprint density at radius 3 is 3.04 bits per heavy atom. The van der Waals surface area contributed by atoms with Crippen molar-refractivity contribution in [3.8, 4) is 5.75 Å². The molecule has 1 aromatic carbocycles. The Balaban J connectivity index is 1.52. The first kappa shape index (κ1) is 20.0. The number of ether oxygens (including phenoxy) is 2. The fourth-order valence-corrected chi connectivity index (χ4v) is 3.84. The van der Waals surface area contributed by atoms with Crippen LogP contribution in [0.1, 0.15) is 29.6 Å². The molecule has 1 heterocycles. The van der Waals surface area contributed by atoms with Crippen molar-refractivity contribution in [1.29, 1.82) is 0 Å². The second kappa shape index (κ2) is 9.44. The highest BCUT2D eigenvalue weighted by Gasteiger charge is 2.24. The highest BCUT2D eigenvalue weighted by molar-refractivity contribution is 6.33. The van der Waals surface area contributed by atoms with Gasteiger partial charge in [0, 0.05) is 32.2 Å². The van der Waals surface area contributed by atoms with E-state index in [4.69, 9.17) is 26.8 Å². The van der Waals surface area contributed by atoms with Crippen LogP contribution in [0.2, 0.25) is 5.02 Å². The molecule has 3 N–H and O–H groups in total. The Labute approximate surface area is 165 Å². The van der Waals surface area contributed by atoms with Crippen LogP contribution in [-0.2, 0) is 4.74 Å². The van der Waals surface area contributed by atoms with Crippen molar-refractivity contribution in [2.24, 2.45) is 5.92 Å². The lowest BCUT2D eigenvalue weighted by molar-refractivity contribution is -0.0312. The van der Waals surface area contributed by atoms with Gasteiger partial charge >= 0.3 is 0 Å². The van der Waals surface area contributed by atoms with Gasteiger partial charge in [0.2, 0.25) is 0 Å². The molecule has 2 aliphatic rings. The Hall–Kier alpha value is -1.76. The van der Waals surface area contributed by atoms with Gasteiger partial charge in [-0.3, -0.25) is 9.69 Å². The molecule has 3 rings (SSSR count). The minimum absolute atomic E-state index is 0.0166. The van der Waals surface area contributed by atoms with E-state index < -0.39 is 0 Å². The number of morpholine rings is 1. The lowest BCUT2D eigenvalue weighted by Gasteiger charge is -2.35. The number of benzene rings is 1. The second-order valence-corrected chi connectivity index (χ2v) is 7.59. The van der Waals surface area contributed by atoms with Crippen molar-refractivity contribution >= 4 is 23.2 Å². The quantitative estimate of drug-likeness (QED) is 0.574. The number of halogens is 1. The molecule has 7 heteroatoms. The van der Waals surface area contributed by atoms with Crippen LogP contribution in [0, 0.1) is 5.92 Å². The zero-order chi connectivity index (χ0) is 19.2. The number of anilines is 1. The lowest BCUT2D eigenvalue weighted by Crippen LogP contribution is -2.48. The first-order chi connectivity index (χ1) is 13.1. The average molecular weight is 394 g/mol. The highest BCUT2D eigenvalue weighted by Crippen LogP contribution is 2.28. The molecule has 2 atom stereocenters. The van der Waals surface area contributed by atoms with Gasteiger partial charge in [0.15, 0.2) is 0 Å². The van der Waals surface area contributed by atoms with Gasteiger partial charge in [-0.1, -0.05) is 23.8 Å². The van der Waals surface area contributed by atoms with Crippen LogP contribution >= 0.6 is 11.6 Å². The summed E-state index contributed by atoms with van der Waals surface area (Å²) in [6.45, 7) is 4.02. The van der Waals surface area contributed by atoms with Gasteiger partial charge in [-0.2, -0.15) is 0 Å². The molecule has 1 aliphatic heterocycles. The van der Waals surface area contributed by atoms with Crippen LogP contribution in [0.25, 0.3) is 0 Å². The summed E-state index contributed by atoms with van der Waals surface area (Å²) < 4.78 is 11.1. The van der Waals surface area contributed by atoms with E-state index in [1.165, 1.54) is 26.0 Å². The zero-order valence-corrected chi connectivity index (χ0v) is 16.5. The fraction of sp³-hybridized carbons (Fsp3) is 0.550. The molecule has 1 saturated heterocycles.